The van der Waals surface area contributed by atoms with E-state index in [0.717, 1.165) is 76.0 Å². The van der Waals surface area contributed by atoms with Crippen molar-refractivity contribution >= 4 is 17.7 Å². The number of likely N-dealkylation sites (N-methyl/N-ethyl adjacent to an activating group) is 1. The first-order valence-corrected chi connectivity index (χ1v) is 10.7. The number of nitrogens with one attached hydrogen (secondary N) is 2. The Hall–Kier alpha value is -2.35. The summed E-state index contributed by atoms with van der Waals surface area (Å²) < 4.78 is 0. The lowest BCUT2D eigenvalue weighted by Crippen LogP contribution is -2.51. The minimum atomic E-state index is 0.0681. The molecule has 3 fully saturated rings. The van der Waals surface area contributed by atoms with E-state index in [4.69, 9.17) is 0 Å². The predicted octanol–water partition coefficient (Wildman–Crippen LogP) is 0.511. The first-order valence-electron chi connectivity index (χ1n) is 10.7. The summed E-state index contributed by atoms with van der Waals surface area (Å²) in [5.74, 6) is 2.15. The van der Waals surface area contributed by atoms with Crippen LogP contribution in [0.3, 0.4) is 0 Å². The van der Waals surface area contributed by atoms with Crippen molar-refractivity contribution in [2.45, 2.75) is 25.8 Å². The number of rotatable bonds is 3. The Morgan fingerprint density at radius 1 is 1.28 bits per heavy atom. The van der Waals surface area contributed by atoms with E-state index in [9.17, 15) is 4.79 Å². The van der Waals surface area contributed by atoms with Gasteiger partial charge in [-0.1, -0.05) is 6.07 Å². The molecule has 1 atom stereocenters. The lowest BCUT2D eigenvalue weighted by Gasteiger charge is -2.40. The van der Waals surface area contributed by atoms with Gasteiger partial charge in [-0.15, -0.1) is 0 Å². The number of anilines is 1. The summed E-state index contributed by atoms with van der Waals surface area (Å²) in [7, 11) is 3.99. The fourth-order valence-corrected chi connectivity index (χ4v) is 4.69. The molecule has 4 rings (SSSR count). The van der Waals surface area contributed by atoms with Crippen molar-refractivity contribution in [3.63, 3.8) is 0 Å². The number of carbonyl (C=O) groups is 1. The van der Waals surface area contributed by atoms with E-state index in [1.807, 2.05) is 13.2 Å². The number of piperazine rings is 1. The van der Waals surface area contributed by atoms with Gasteiger partial charge in [-0.05, 0) is 31.5 Å². The number of aliphatic imine (C=N–C) groups is 1. The molecule has 4 heterocycles. The maximum Gasteiger partial charge on any atom is 0.220 e. The van der Waals surface area contributed by atoms with E-state index >= 15 is 0 Å². The van der Waals surface area contributed by atoms with Crippen LogP contribution < -0.4 is 15.5 Å². The highest BCUT2D eigenvalue weighted by Crippen LogP contribution is 2.36. The van der Waals surface area contributed by atoms with Crippen LogP contribution in [0, 0.1) is 5.41 Å². The molecule has 0 aromatic carbocycles. The van der Waals surface area contributed by atoms with Gasteiger partial charge >= 0.3 is 0 Å². The zero-order chi connectivity index (χ0) is 20.3. The Bertz CT molecular complexity index is 742. The fourth-order valence-electron chi connectivity index (χ4n) is 4.69. The largest absolute Gasteiger partial charge is 0.355 e. The van der Waals surface area contributed by atoms with Crippen molar-refractivity contribution in [1.82, 2.24) is 25.4 Å². The Morgan fingerprint density at radius 2 is 2.10 bits per heavy atom. The van der Waals surface area contributed by atoms with Gasteiger partial charge in [0.15, 0.2) is 5.96 Å². The Kier molecular flexibility index (Phi) is 5.89. The number of hydrogen-bond donors (Lipinski definition) is 2. The molecule has 1 amide bonds. The van der Waals surface area contributed by atoms with Gasteiger partial charge in [0.25, 0.3) is 0 Å². The summed E-state index contributed by atoms with van der Waals surface area (Å²) in [5.41, 5.74) is 1.21. The average molecular weight is 400 g/mol. The average Bonchev–Trinajstić information content (AvgIpc) is 3.09. The van der Waals surface area contributed by atoms with Gasteiger partial charge in [0.1, 0.15) is 5.82 Å². The SMILES string of the molecule is CN=C(NCc1ccc(N2CCN(C)CC2)nc1)N1CCCC2(CNC(=O)C2)C1. The van der Waals surface area contributed by atoms with Gasteiger partial charge in [-0.2, -0.15) is 0 Å². The summed E-state index contributed by atoms with van der Waals surface area (Å²) >= 11 is 0. The normalized spacial score (nSPS) is 26.1. The zero-order valence-electron chi connectivity index (χ0n) is 17.7. The maximum atomic E-state index is 11.7. The van der Waals surface area contributed by atoms with Gasteiger partial charge in [0.05, 0.1) is 0 Å². The van der Waals surface area contributed by atoms with Crippen LogP contribution in [0.5, 0.6) is 0 Å². The van der Waals surface area contributed by atoms with E-state index in [2.05, 4.69) is 54.5 Å². The van der Waals surface area contributed by atoms with Crippen LogP contribution in [0.1, 0.15) is 24.8 Å². The van der Waals surface area contributed by atoms with E-state index in [1.165, 1.54) is 0 Å². The van der Waals surface area contributed by atoms with Gasteiger partial charge < -0.3 is 25.3 Å². The van der Waals surface area contributed by atoms with Crippen LogP contribution in [0.25, 0.3) is 0 Å². The van der Waals surface area contributed by atoms with Crippen LogP contribution in [-0.4, -0.2) is 86.6 Å². The van der Waals surface area contributed by atoms with Crippen molar-refractivity contribution < 1.29 is 4.79 Å². The number of likely N-dealkylation sites (tertiary alicyclic amines) is 1. The van der Waals surface area contributed by atoms with Crippen molar-refractivity contribution in [3.05, 3.63) is 23.9 Å². The Labute approximate surface area is 173 Å². The molecular weight excluding hydrogens is 366 g/mol. The van der Waals surface area contributed by atoms with Crippen molar-refractivity contribution in [2.24, 2.45) is 10.4 Å². The van der Waals surface area contributed by atoms with E-state index in [1.54, 1.807) is 0 Å². The summed E-state index contributed by atoms with van der Waals surface area (Å²) in [6, 6.07) is 4.27. The van der Waals surface area contributed by atoms with Crippen LogP contribution >= 0.6 is 0 Å². The van der Waals surface area contributed by atoms with E-state index in [0.29, 0.717) is 13.0 Å². The second-order valence-corrected chi connectivity index (χ2v) is 8.69. The number of amides is 1. The number of carbonyl (C=O) groups excluding carboxylic acids is 1. The number of nitrogens with zero attached hydrogens (tertiary/aromatic N) is 5. The van der Waals surface area contributed by atoms with Gasteiger partial charge in [-0.3, -0.25) is 9.79 Å². The molecular formula is C21H33N7O. The number of pyridine rings is 1. The second kappa shape index (κ2) is 8.57. The maximum absolute atomic E-state index is 11.7. The molecule has 3 aliphatic heterocycles. The molecule has 3 aliphatic rings. The number of hydrogen-bond acceptors (Lipinski definition) is 5. The number of guanidine groups is 1. The molecule has 0 saturated carbocycles. The molecule has 8 heteroatoms. The lowest BCUT2D eigenvalue weighted by molar-refractivity contribution is -0.119. The molecule has 1 aromatic rings. The third-order valence-corrected chi connectivity index (χ3v) is 6.46. The minimum absolute atomic E-state index is 0.0681. The molecule has 0 bridgehead atoms. The molecule has 1 unspecified atom stereocenters. The summed E-state index contributed by atoms with van der Waals surface area (Å²) in [6.07, 6.45) is 4.80. The summed E-state index contributed by atoms with van der Waals surface area (Å²) in [4.78, 5) is 27.9. The quantitative estimate of drug-likeness (QED) is 0.570. The second-order valence-electron chi connectivity index (χ2n) is 8.69. The highest BCUT2D eigenvalue weighted by molar-refractivity contribution is 5.81. The molecule has 29 heavy (non-hydrogen) atoms. The first-order chi connectivity index (χ1) is 14.1. The molecule has 8 nitrogen and oxygen atoms in total. The lowest BCUT2D eigenvalue weighted by atomic mass is 9.79. The molecule has 2 N–H and O–H groups in total. The van der Waals surface area contributed by atoms with Crippen molar-refractivity contribution in [2.75, 3.05) is 64.8 Å². The van der Waals surface area contributed by atoms with Crippen LogP contribution in [-0.2, 0) is 11.3 Å². The third kappa shape index (κ3) is 4.63. The van der Waals surface area contributed by atoms with Crippen molar-refractivity contribution in [3.8, 4) is 0 Å². The minimum Gasteiger partial charge on any atom is -0.355 e. The Morgan fingerprint density at radius 3 is 2.76 bits per heavy atom. The van der Waals surface area contributed by atoms with Crippen molar-refractivity contribution in [1.29, 1.82) is 0 Å². The molecule has 0 aliphatic carbocycles. The van der Waals surface area contributed by atoms with E-state index < -0.39 is 0 Å². The highest BCUT2D eigenvalue weighted by Gasteiger charge is 2.42. The van der Waals surface area contributed by atoms with Gasteiger partial charge in [0, 0.05) is 77.4 Å². The van der Waals surface area contributed by atoms with Crippen LogP contribution in [0.15, 0.2) is 23.3 Å². The molecule has 1 aromatic heterocycles. The van der Waals surface area contributed by atoms with Gasteiger partial charge in [-0.25, -0.2) is 4.98 Å². The smallest absolute Gasteiger partial charge is 0.220 e. The molecule has 0 radical (unpaired) electrons. The predicted molar refractivity (Wildman–Crippen MR) is 115 cm³/mol. The van der Waals surface area contributed by atoms with Gasteiger partial charge in [0.2, 0.25) is 5.91 Å². The Balaban J connectivity index is 1.32. The standard InChI is InChI=1S/C21H33N7O/c1-22-20(28-7-3-6-21(16-28)12-19(29)25-15-21)24-14-17-4-5-18(23-13-17)27-10-8-26(2)9-11-27/h4-5,13H,3,6-12,14-16H2,1-2H3,(H,22,24)(H,25,29). The topological polar surface area (TPSA) is 76.1 Å². The van der Waals surface area contributed by atoms with Crippen LogP contribution in [0.2, 0.25) is 0 Å². The van der Waals surface area contributed by atoms with Crippen LogP contribution in [0.4, 0.5) is 5.82 Å². The summed E-state index contributed by atoms with van der Waals surface area (Å²) in [5, 5.41) is 6.50. The number of piperidine rings is 1. The number of aromatic nitrogens is 1. The highest BCUT2D eigenvalue weighted by atomic mass is 16.1. The summed E-state index contributed by atoms with van der Waals surface area (Å²) in [6.45, 7) is 7.58. The zero-order valence-corrected chi connectivity index (χ0v) is 17.7. The fraction of sp³-hybridized carbons (Fsp3) is 0.667. The molecule has 158 valence electrons. The molecule has 3 saturated heterocycles. The monoisotopic (exact) mass is 399 g/mol. The van der Waals surface area contributed by atoms with E-state index in [-0.39, 0.29) is 11.3 Å². The first kappa shape index (κ1) is 19.9. The third-order valence-electron chi connectivity index (χ3n) is 6.46. The molecule has 1 spiro atoms.